The summed E-state index contributed by atoms with van der Waals surface area (Å²) in [4.78, 5) is 23.1. The molecule has 0 aliphatic heterocycles. The second-order valence-corrected chi connectivity index (χ2v) is 5.46. The van der Waals surface area contributed by atoms with Gasteiger partial charge in [0.2, 0.25) is 0 Å². The number of hydrogen-bond donors (Lipinski definition) is 1. The molecule has 0 aromatic carbocycles. The molecule has 1 amide bonds. The highest BCUT2D eigenvalue weighted by atomic mass is 16.6. The van der Waals surface area contributed by atoms with Gasteiger partial charge in [-0.05, 0) is 39.7 Å². The minimum atomic E-state index is -0.515. The van der Waals surface area contributed by atoms with Crippen LogP contribution in [0.2, 0.25) is 0 Å². The van der Waals surface area contributed by atoms with Crippen molar-refractivity contribution in [3.63, 3.8) is 0 Å². The zero-order valence-corrected chi connectivity index (χ0v) is 11.2. The van der Waals surface area contributed by atoms with Gasteiger partial charge >= 0.3 is 6.09 Å². The molecule has 0 saturated heterocycles. The van der Waals surface area contributed by atoms with Crippen molar-refractivity contribution in [1.29, 1.82) is 0 Å². The van der Waals surface area contributed by atoms with Gasteiger partial charge in [0.05, 0.1) is 6.04 Å². The van der Waals surface area contributed by atoms with Crippen LogP contribution in [0, 0.1) is 5.92 Å². The van der Waals surface area contributed by atoms with E-state index in [1.807, 2.05) is 32.9 Å². The minimum Gasteiger partial charge on any atom is -0.444 e. The molecule has 0 bridgehead atoms. The Morgan fingerprint density at radius 2 is 2.11 bits per heavy atom. The molecule has 0 saturated carbocycles. The molecule has 4 nitrogen and oxygen atoms in total. The number of ether oxygens (including phenoxy) is 1. The summed E-state index contributed by atoms with van der Waals surface area (Å²) in [6.07, 6.45) is 6.00. The van der Waals surface area contributed by atoms with E-state index in [2.05, 4.69) is 11.9 Å². The lowest BCUT2D eigenvalue weighted by atomic mass is 9.88. The summed E-state index contributed by atoms with van der Waals surface area (Å²) in [5, 5.41) is 2.75. The fourth-order valence-electron chi connectivity index (χ4n) is 1.85. The number of allylic oxidation sites excluding steroid dienone is 2. The molecule has 0 heterocycles. The molecule has 18 heavy (non-hydrogen) atoms. The Hall–Kier alpha value is -1.58. The topological polar surface area (TPSA) is 55.4 Å². The third-order valence-corrected chi connectivity index (χ3v) is 2.63. The molecule has 0 aromatic heterocycles. The van der Waals surface area contributed by atoms with Gasteiger partial charge in [0.15, 0.2) is 5.78 Å². The lowest BCUT2D eigenvalue weighted by Gasteiger charge is -2.26. The maximum absolute atomic E-state index is 11.6. The van der Waals surface area contributed by atoms with Crippen LogP contribution < -0.4 is 5.32 Å². The molecule has 2 atom stereocenters. The maximum Gasteiger partial charge on any atom is 0.408 e. The number of nitrogens with one attached hydrogen (secondary N) is 1. The van der Waals surface area contributed by atoms with Crippen molar-refractivity contribution in [3.05, 3.63) is 24.8 Å². The lowest BCUT2D eigenvalue weighted by Crippen LogP contribution is -2.40. The SMILES string of the molecule is C=CC(=O)C1CC=CC(NC(=O)OC(C)(C)C)C1. The number of carbonyl (C=O) groups excluding carboxylic acids is 2. The van der Waals surface area contributed by atoms with Crippen molar-refractivity contribution in [1.82, 2.24) is 5.32 Å². The molecule has 2 unspecified atom stereocenters. The van der Waals surface area contributed by atoms with Gasteiger partial charge in [-0.3, -0.25) is 4.79 Å². The number of hydrogen-bond acceptors (Lipinski definition) is 3. The summed E-state index contributed by atoms with van der Waals surface area (Å²) in [7, 11) is 0. The van der Waals surface area contributed by atoms with Crippen LogP contribution in [-0.4, -0.2) is 23.5 Å². The smallest absolute Gasteiger partial charge is 0.408 e. The molecule has 1 rings (SSSR count). The Morgan fingerprint density at radius 3 is 2.67 bits per heavy atom. The van der Waals surface area contributed by atoms with E-state index in [-0.39, 0.29) is 17.7 Å². The zero-order valence-electron chi connectivity index (χ0n) is 11.2. The van der Waals surface area contributed by atoms with E-state index in [1.54, 1.807) is 0 Å². The number of ketones is 1. The third kappa shape index (κ3) is 4.73. The summed E-state index contributed by atoms with van der Waals surface area (Å²) in [5.41, 5.74) is -0.515. The number of alkyl carbamates (subject to hydrolysis) is 1. The van der Waals surface area contributed by atoms with Crippen LogP contribution in [0.5, 0.6) is 0 Å². The Morgan fingerprint density at radius 1 is 1.44 bits per heavy atom. The average molecular weight is 251 g/mol. The monoisotopic (exact) mass is 251 g/mol. The number of amides is 1. The molecular formula is C14H21NO3. The van der Waals surface area contributed by atoms with Crippen LogP contribution in [0.25, 0.3) is 0 Å². The van der Waals surface area contributed by atoms with Gasteiger partial charge in [-0.1, -0.05) is 18.7 Å². The van der Waals surface area contributed by atoms with Crippen LogP contribution in [0.15, 0.2) is 24.8 Å². The Labute approximate surface area is 108 Å². The predicted molar refractivity (Wildman–Crippen MR) is 70.2 cm³/mol. The van der Waals surface area contributed by atoms with Crippen LogP contribution in [-0.2, 0) is 9.53 Å². The first kappa shape index (κ1) is 14.5. The fraction of sp³-hybridized carbons (Fsp3) is 0.571. The van der Waals surface area contributed by atoms with Gasteiger partial charge in [-0.2, -0.15) is 0 Å². The molecule has 4 heteroatoms. The second kappa shape index (κ2) is 5.85. The van der Waals surface area contributed by atoms with Crippen LogP contribution in [0.3, 0.4) is 0 Å². The summed E-state index contributed by atoms with van der Waals surface area (Å²) in [6, 6.07) is -0.150. The van der Waals surface area contributed by atoms with E-state index < -0.39 is 11.7 Å². The first-order chi connectivity index (χ1) is 8.31. The van der Waals surface area contributed by atoms with E-state index in [1.165, 1.54) is 6.08 Å². The van der Waals surface area contributed by atoms with E-state index in [0.717, 1.165) is 0 Å². The molecule has 0 radical (unpaired) electrons. The molecule has 1 N–H and O–H groups in total. The molecule has 0 fully saturated rings. The standard InChI is InChI=1S/C14H21NO3/c1-5-12(16)10-7-6-8-11(9-10)15-13(17)18-14(2,3)4/h5-6,8,10-11H,1,7,9H2,2-4H3,(H,15,17). The molecule has 0 spiro atoms. The van der Waals surface area contributed by atoms with Gasteiger partial charge in [-0.15, -0.1) is 0 Å². The highest BCUT2D eigenvalue weighted by molar-refractivity contribution is 5.91. The fourth-order valence-corrected chi connectivity index (χ4v) is 1.85. The van der Waals surface area contributed by atoms with Crippen molar-refractivity contribution in [3.8, 4) is 0 Å². The molecule has 1 aliphatic carbocycles. The van der Waals surface area contributed by atoms with Crippen molar-refractivity contribution >= 4 is 11.9 Å². The molecular weight excluding hydrogens is 230 g/mol. The lowest BCUT2D eigenvalue weighted by molar-refractivity contribution is -0.118. The Bertz CT molecular complexity index is 366. The van der Waals surface area contributed by atoms with Gasteiger partial charge in [-0.25, -0.2) is 4.79 Å². The number of carbonyl (C=O) groups is 2. The first-order valence-corrected chi connectivity index (χ1v) is 6.14. The third-order valence-electron chi connectivity index (χ3n) is 2.63. The zero-order chi connectivity index (χ0) is 13.8. The summed E-state index contributed by atoms with van der Waals surface area (Å²) in [6.45, 7) is 8.92. The van der Waals surface area contributed by atoms with Crippen LogP contribution in [0.4, 0.5) is 4.79 Å². The highest BCUT2D eigenvalue weighted by Gasteiger charge is 2.25. The maximum atomic E-state index is 11.6. The van der Waals surface area contributed by atoms with Gasteiger partial charge in [0.25, 0.3) is 0 Å². The van der Waals surface area contributed by atoms with Crippen molar-refractivity contribution < 1.29 is 14.3 Å². The predicted octanol–water partition coefficient (Wildman–Crippen LogP) is 2.60. The Kier molecular flexibility index (Phi) is 4.70. The number of rotatable bonds is 3. The first-order valence-electron chi connectivity index (χ1n) is 6.14. The van der Waals surface area contributed by atoms with E-state index in [4.69, 9.17) is 4.74 Å². The van der Waals surface area contributed by atoms with E-state index in [0.29, 0.717) is 12.8 Å². The van der Waals surface area contributed by atoms with Crippen molar-refractivity contribution in [2.75, 3.05) is 0 Å². The van der Waals surface area contributed by atoms with Gasteiger partial charge in [0, 0.05) is 5.92 Å². The quantitative estimate of drug-likeness (QED) is 0.619. The highest BCUT2D eigenvalue weighted by Crippen LogP contribution is 2.20. The van der Waals surface area contributed by atoms with Crippen molar-refractivity contribution in [2.45, 2.75) is 45.3 Å². The second-order valence-electron chi connectivity index (χ2n) is 5.46. The summed E-state index contributed by atoms with van der Waals surface area (Å²) < 4.78 is 5.17. The summed E-state index contributed by atoms with van der Waals surface area (Å²) in [5.74, 6) is -0.0669. The summed E-state index contributed by atoms with van der Waals surface area (Å²) >= 11 is 0. The van der Waals surface area contributed by atoms with Crippen molar-refractivity contribution in [2.24, 2.45) is 5.92 Å². The van der Waals surface area contributed by atoms with E-state index in [9.17, 15) is 9.59 Å². The van der Waals surface area contributed by atoms with Crippen LogP contribution in [0.1, 0.15) is 33.6 Å². The van der Waals surface area contributed by atoms with Crippen LogP contribution >= 0.6 is 0 Å². The Balaban J connectivity index is 2.51. The van der Waals surface area contributed by atoms with E-state index >= 15 is 0 Å². The molecule has 1 aliphatic rings. The average Bonchev–Trinajstić information content (AvgIpc) is 2.25. The van der Waals surface area contributed by atoms with Gasteiger partial charge < -0.3 is 10.1 Å². The minimum absolute atomic E-state index is 0.0235. The normalized spacial score (nSPS) is 23.3. The molecule has 0 aromatic rings. The largest absolute Gasteiger partial charge is 0.444 e. The molecule has 100 valence electrons. The van der Waals surface area contributed by atoms with Gasteiger partial charge in [0.1, 0.15) is 5.60 Å².